The fourth-order valence-corrected chi connectivity index (χ4v) is 4.24. The van der Waals surface area contributed by atoms with Gasteiger partial charge in [-0.1, -0.05) is 18.7 Å². The molecule has 2 fully saturated rings. The predicted octanol–water partition coefficient (Wildman–Crippen LogP) is 1.91. The van der Waals surface area contributed by atoms with E-state index in [1.807, 2.05) is 0 Å². The molecule has 3 aliphatic rings. The van der Waals surface area contributed by atoms with Gasteiger partial charge in [0.15, 0.2) is 0 Å². The van der Waals surface area contributed by atoms with Crippen molar-refractivity contribution >= 4 is 5.97 Å². The Hall–Kier alpha value is -1.09. The average Bonchev–Trinajstić information content (AvgIpc) is 3.05. The van der Waals surface area contributed by atoms with Gasteiger partial charge in [0.25, 0.3) is 0 Å². The van der Waals surface area contributed by atoms with Gasteiger partial charge in [0, 0.05) is 18.7 Å². The number of esters is 1. The molecule has 0 aromatic rings. The van der Waals surface area contributed by atoms with Crippen LogP contribution in [0.2, 0.25) is 0 Å². The summed E-state index contributed by atoms with van der Waals surface area (Å²) < 4.78 is 4.98. The van der Waals surface area contributed by atoms with E-state index in [1.165, 1.54) is 25.3 Å². The summed E-state index contributed by atoms with van der Waals surface area (Å²) in [7, 11) is 0. The summed E-state index contributed by atoms with van der Waals surface area (Å²) in [6.45, 7) is 4.59. The molecule has 1 N–H and O–H groups in total. The molecule has 0 spiro atoms. The number of carbonyl (C=O) groups excluding carboxylic acids is 1. The van der Waals surface area contributed by atoms with E-state index >= 15 is 0 Å². The number of hydrogen-bond acceptors (Lipinski definition) is 3. The van der Waals surface area contributed by atoms with Crippen molar-refractivity contribution in [3.63, 3.8) is 0 Å². The van der Waals surface area contributed by atoms with Gasteiger partial charge in [-0.2, -0.15) is 0 Å². The van der Waals surface area contributed by atoms with Crippen molar-refractivity contribution in [1.82, 2.24) is 5.32 Å². The molecular formula is C15H21NO2. The van der Waals surface area contributed by atoms with Gasteiger partial charge in [0.1, 0.15) is 6.61 Å². The summed E-state index contributed by atoms with van der Waals surface area (Å²) in [6, 6.07) is 0.626. The largest absolute Gasteiger partial charge is 0.461 e. The van der Waals surface area contributed by atoms with E-state index in [0.717, 1.165) is 30.2 Å². The summed E-state index contributed by atoms with van der Waals surface area (Å²) in [4.78, 5) is 10.9. The van der Waals surface area contributed by atoms with Crippen LogP contribution in [0.5, 0.6) is 0 Å². The van der Waals surface area contributed by atoms with Crippen LogP contribution in [0.15, 0.2) is 24.8 Å². The molecule has 5 unspecified atom stereocenters. The second-order valence-electron chi connectivity index (χ2n) is 5.73. The van der Waals surface area contributed by atoms with E-state index in [0.29, 0.717) is 12.6 Å². The van der Waals surface area contributed by atoms with Crippen LogP contribution in [0.4, 0.5) is 0 Å². The molecule has 18 heavy (non-hydrogen) atoms. The molecule has 98 valence electrons. The normalized spacial score (nSPS) is 39.9. The minimum Gasteiger partial charge on any atom is -0.461 e. The van der Waals surface area contributed by atoms with Crippen LogP contribution in [0.1, 0.15) is 19.3 Å². The second kappa shape index (κ2) is 4.88. The van der Waals surface area contributed by atoms with Gasteiger partial charge < -0.3 is 10.1 Å². The van der Waals surface area contributed by atoms with Gasteiger partial charge in [-0.3, -0.25) is 0 Å². The highest BCUT2D eigenvalue weighted by Crippen LogP contribution is 2.56. The molecule has 3 nitrogen and oxygen atoms in total. The maximum absolute atomic E-state index is 10.9. The zero-order valence-corrected chi connectivity index (χ0v) is 10.7. The summed E-state index contributed by atoms with van der Waals surface area (Å²) in [6.07, 6.45) is 10.0. The Kier molecular flexibility index (Phi) is 3.25. The number of rotatable bonds is 5. The van der Waals surface area contributed by atoms with Crippen molar-refractivity contribution in [3.8, 4) is 0 Å². The average molecular weight is 247 g/mol. The number of ether oxygens (including phenoxy) is 1. The molecule has 2 saturated carbocycles. The lowest BCUT2D eigenvalue weighted by atomic mass is 9.79. The quantitative estimate of drug-likeness (QED) is 0.349. The Balaban J connectivity index is 1.44. The van der Waals surface area contributed by atoms with Crippen LogP contribution < -0.4 is 5.32 Å². The first kappa shape index (κ1) is 12.0. The maximum atomic E-state index is 10.9. The van der Waals surface area contributed by atoms with E-state index in [1.54, 1.807) is 0 Å². The minimum absolute atomic E-state index is 0.330. The van der Waals surface area contributed by atoms with Crippen LogP contribution in [0, 0.1) is 23.7 Å². The standard InChI is InChI=1S/C15H21NO2/c1-2-15(17)18-7-6-16-14-9-10-8-13(14)12-5-3-4-11(10)12/h2-3,5,10-14,16H,1,4,6-9H2. The minimum atomic E-state index is -0.330. The molecule has 0 radical (unpaired) electrons. The van der Waals surface area contributed by atoms with Crippen molar-refractivity contribution in [1.29, 1.82) is 0 Å². The highest BCUT2D eigenvalue weighted by Gasteiger charge is 2.51. The summed E-state index contributed by atoms with van der Waals surface area (Å²) in [5.41, 5.74) is 0. The number of nitrogens with one attached hydrogen (secondary N) is 1. The van der Waals surface area contributed by atoms with Crippen LogP contribution in [-0.2, 0) is 9.53 Å². The Morgan fingerprint density at radius 3 is 3.17 bits per heavy atom. The fraction of sp³-hybridized carbons (Fsp3) is 0.667. The smallest absolute Gasteiger partial charge is 0.330 e. The summed E-state index contributed by atoms with van der Waals surface area (Å²) in [5, 5.41) is 3.56. The number of carbonyl (C=O) groups is 1. The van der Waals surface area contributed by atoms with Gasteiger partial charge in [0.2, 0.25) is 0 Å². The highest BCUT2D eigenvalue weighted by molar-refractivity contribution is 5.81. The molecule has 0 aromatic carbocycles. The summed E-state index contributed by atoms with van der Waals surface area (Å²) >= 11 is 0. The highest BCUT2D eigenvalue weighted by atomic mass is 16.5. The van der Waals surface area contributed by atoms with E-state index in [4.69, 9.17) is 4.74 Å². The first-order chi connectivity index (χ1) is 8.79. The van der Waals surface area contributed by atoms with Gasteiger partial charge in [0.05, 0.1) is 0 Å². The zero-order chi connectivity index (χ0) is 12.5. The lowest BCUT2D eigenvalue weighted by Crippen LogP contribution is -2.40. The van der Waals surface area contributed by atoms with E-state index < -0.39 is 0 Å². The Labute approximate surface area is 108 Å². The predicted molar refractivity (Wildman–Crippen MR) is 69.9 cm³/mol. The fourth-order valence-electron chi connectivity index (χ4n) is 4.24. The second-order valence-corrected chi connectivity index (χ2v) is 5.73. The molecule has 3 aliphatic carbocycles. The Morgan fingerprint density at radius 1 is 1.44 bits per heavy atom. The van der Waals surface area contributed by atoms with Crippen molar-refractivity contribution in [2.75, 3.05) is 13.2 Å². The number of fused-ring (bicyclic) bond motifs is 5. The zero-order valence-electron chi connectivity index (χ0n) is 10.7. The first-order valence-corrected chi connectivity index (χ1v) is 6.99. The van der Waals surface area contributed by atoms with Crippen LogP contribution in [0.25, 0.3) is 0 Å². The summed E-state index contributed by atoms with van der Waals surface area (Å²) in [5.74, 6) is 3.16. The van der Waals surface area contributed by atoms with Crippen LogP contribution in [0.3, 0.4) is 0 Å². The molecule has 0 aliphatic heterocycles. The van der Waals surface area contributed by atoms with Gasteiger partial charge in [-0.25, -0.2) is 4.79 Å². The topological polar surface area (TPSA) is 38.3 Å². The molecule has 0 aromatic heterocycles. The molecule has 0 heterocycles. The van der Waals surface area contributed by atoms with Crippen molar-refractivity contribution in [2.45, 2.75) is 25.3 Å². The number of hydrogen-bond donors (Lipinski definition) is 1. The van der Waals surface area contributed by atoms with E-state index in [-0.39, 0.29) is 5.97 Å². The molecule has 2 bridgehead atoms. The van der Waals surface area contributed by atoms with Crippen molar-refractivity contribution in [3.05, 3.63) is 24.8 Å². The first-order valence-electron chi connectivity index (χ1n) is 6.99. The number of allylic oxidation sites excluding steroid dienone is 2. The van der Waals surface area contributed by atoms with Gasteiger partial charge in [-0.15, -0.1) is 0 Å². The van der Waals surface area contributed by atoms with E-state index in [2.05, 4.69) is 24.0 Å². The van der Waals surface area contributed by atoms with Crippen LogP contribution in [-0.4, -0.2) is 25.2 Å². The maximum Gasteiger partial charge on any atom is 0.330 e. The third-order valence-electron chi connectivity index (χ3n) is 4.93. The van der Waals surface area contributed by atoms with Gasteiger partial charge in [-0.05, 0) is 42.9 Å². The molecular weight excluding hydrogens is 226 g/mol. The molecule has 0 saturated heterocycles. The third-order valence-corrected chi connectivity index (χ3v) is 4.93. The van der Waals surface area contributed by atoms with Crippen molar-refractivity contribution in [2.24, 2.45) is 23.7 Å². The van der Waals surface area contributed by atoms with Crippen LogP contribution >= 0.6 is 0 Å². The molecule has 5 atom stereocenters. The third kappa shape index (κ3) is 2.01. The van der Waals surface area contributed by atoms with Crippen molar-refractivity contribution < 1.29 is 9.53 Å². The molecule has 3 rings (SSSR count). The lowest BCUT2D eigenvalue weighted by Gasteiger charge is -2.31. The molecule has 0 amide bonds. The Morgan fingerprint density at radius 2 is 2.33 bits per heavy atom. The van der Waals surface area contributed by atoms with Gasteiger partial charge >= 0.3 is 5.97 Å². The monoisotopic (exact) mass is 247 g/mol. The Bertz CT molecular complexity index is 377. The SMILES string of the molecule is C=CC(=O)OCCNC1CC2CC1C1C=CCC21. The van der Waals surface area contributed by atoms with E-state index in [9.17, 15) is 4.79 Å². The molecule has 3 heteroatoms. The lowest BCUT2D eigenvalue weighted by molar-refractivity contribution is -0.137.